The average Bonchev–Trinajstić information content (AvgIpc) is 3.55. The molecular weight excluding hydrogens is 564 g/mol. The van der Waals surface area contributed by atoms with E-state index in [2.05, 4.69) is 20.5 Å². The van der Waals surface area contributed by atoms with Gasteiger partial charge in [-0.1, -0.05) is 65.7 Å². The van der Waals surface area contributed by atoms with Crippen LogP contribution in [0.5, 0.6) is 0 Å². The summed E-state index contributed by atoms with van der Waals surface area (Å²) in [6, 6.07) is 21.6. The van der Waals surface area contributed by atoms with E-state index in [1.807, 2.05) is 30.3 Å². The fraction of sp³-hybridized carbons (Fsp3) is 0.0714. The van der Waals surface area contributed by atoms with Gasteiger partial charge in [0.05, 0.1) is 12.2 Å². The normalized spacial score (nSPS) is 11.8. The summed E-state index contributed by atoms with van der Waals surface area (Å²) in [5.41, 5.74) is -0.0403. The van der Waals surface area contributed by atoms with E-state index in [1.54, 1.807) is 47.3 Å². The second-order valence-electron chi connectivity index (χ2n) is 8.97. The van der Waals surface area contributed by atoms with Crippen LogP contribution in [0.15, 0.2) is 85.1 Å². The summed E-state index contributed by atoms with van der Waals surface area (Å²) in [5.74, 6) is -0.548. The predicted octanol–water partition coefficient (Wildman–Crippen LogP) is 7.37. The minimum atomic E-state index is -4.74. The van der Waals surface area contributed by atoms with Crippen molar-refractivity contribution in [2.45, 2.75) is 12.7 Å². The fourth-order valence-electron chi connectivity index (χ4n) is 4.31. The van der Waals surface area contributed by atoms with Crippen LogP contribution in [-0.2, 0) is 12.7 Å². The number of nitrogens with zero attached hydrogens (tertiary/aromatic N) is 5. The zero-order valence-electron chi connectivity index (χ0n) is 20.3. The highest BCUT2D eigenvalue weighted by Gasteiger charge is 2.35. The van der Waals surface area contributed by atoms with Gasteiger partial charge in [0.25, 0.3) is 5.91 Å². The van der Waals surface area contributed by atoms with Crippen LogP contribution in [-0.4, -0.2) is 30.3 Å². The Balaban J connectivity index is 1.30. The molecule has 40 heavy (non-hydrogen) atoms. The third-order valence-electron chi connectivity index (χ3n) is 6.23. The Morgan fingerprint density at radius 3 is 2.48 bits per heavy atom. The molecule has 3 aromatic carbocycles. The maximum Gasteiger partial charge on any atom is 0.433 e. The SMILES string of the molecule is O=C(Nc1ccn(Cc2ccc(Cl)cc2Cl)n1)c1cc2nc(-c3ccc4ccccc4c3)cc(C(F)(F)F)n2n1. The molecule has 0 saturated heterocycles. The van der Waals surface area contributed by atoms with Gasteiger partial charge in [-0.05, 0) is 40.6 Å². The molecule has 7 nitrogen and oxygen atoms in total. The smallest absolute Gasteiger partial charge is 0.304 e. The van der Waals surface area contributed by atoms with Crippen molar-refractivity contribution in [1.29, 1.82) is 0 Å². The number of rotatable bonds is 5. The van der Waals surface area contributed by atoms with Crippen LogP contribution in [0.1, 0.15) is 21.7 Å². The molecule has 0 radical (unpaired) electrons. The van der Waals surface area contributed by atoms with E-state index in [4.69, 9.17) is 23.2 Å². The number of fused-ring (bicyclic) bond motifs is 2. The van der Waals surface area contributed by atoms with Crippen LogP contribution >= 0.6 is 23.2 Å². The number of benzene rings is 3. The van der Waals surface area contributed by atoms with Gasteiger partial charge in [-0.15, -0.1) is 0 Å². The Morgan fingerprint density at radius 2 is 1.70 bits per heavy atom. The molecule has 0 aliphatic carbocycles. The zero-order chi connectivity index (χ0) is 28.0. The molecule has 1 amide bonds. The van der Waals surface area contributed by atoms with E-state index >= 15 is 0 Å². The lowest BCUT2D eigenvalue weighted by atomic mass is 10.0. The second-order valence-corrected chi connectivity index (χ2v) is 9.82. The summed E-state index contributed by atoms with van der Waals surface area (Å²) < 4.78 is 44.3. The van der Waals surface area contributed by atoms with E-state index in [0.29, 0.717) is 26.7 Å². The maximum absolute atomic E-state index is 14.0. The van der Waals surface area contributed by atoms with E-state index in [-0.39, 0.29) is 22.9 Å². The molecule has 0 aliphatic heterocycles. The van der Waals surface area contributed by atoms with Crippen molar-refractivity contribution >= 4 is 51.3 Å². The largest absolute Gasteiger partial charge is 0.433 e. The van der Waals surface area contributed by atoms with Gasteiger partial charge in [0.1, 0.15) is 0 Å². The lowest BCUT2D eigenvalue weighted by Gasteiger charge is -2.11. The van der Waals surface area contributed by atoms with Gasteiger partial charge in [-0.25, -0.2) is 9.50 Å². The Kier molecular flexibility index (Phi) is 6.44. The lowest BCUT2D eigenvalue weighted by molar-refractivity contribution is -0.142. The second kappa shape index (κ2) is 9.96. The molecule has 6 rings (SSSR count). The quantitative estimate of drug-likeness (QED) is 0.231. The Bertz CT molecular complexity index is 1910. The first-order valence-electron chi connectivity index (χ1n) is 11.9. The first-order valence-corrected chi connectivity index (χ1v) is 12.7. The number of amides is 1. The molecule has 0 bridgehead atoms. The van der Waals surface area contributed by atoms with E-state index in [0.717, 1.165) is 22.4 Å². The summed E-state index contributed by atoms with van der Waals surface area (Å²) in [4.78, 5) is 17.3. The third kappa shape index (κ3) is 5.11. The molecule has 0 atom stereocenters. The number of nitrogens with one attached hydrogen (secondary N) is 1. The zero-order valence-corrected chi connectivity index (χ0v) is 21.8. The standard InChI is InChI=1S/C28H17Cl2F3N6O/c29-20-8-7-19(21(30)12-20)15-38-10-9-25(37-38)35-27(40)23-14-26-34-22(13-24(28(31,32)33)39(26)36-23)18-6-5-16-3-1-2-4-17(16)11-18/h1-14H,15H2,(H,35,37,40). The maximum atomic E-state index is 14.0. The molecule has 3 heterocycles. The van der Waals surface area contributed by atoms with Crippen molar-refractivity contribution in [2.75, 3.05) is 5.32 Å². The van der Waals surface area contributed by atoms with E-state index < -0.39 is 17.8 Å². The molecule has 0 fully saturated rings. The summed E-state index contributed by atoms with van der Waals surface area (Å²) in [7, 11) is 0. The number of anilines is 1. The molecule has 6 aromatic rings. The van der Waals surface area contributed by atoms with Gasteiger partial charge in [0, 0.05) is 33.9 Å². The van der Waals surface area contributed by atoms with Crippen LogP contribution in [0.3, 0.4) is 0 Å². The number of hydrogen-bond acceptors (Lipinski definition) is 4. The van der Waals surface area contributed by atoms with Crippen molar-refractivity contribution in [1.82, 2.24) is 24.4 Å². The number of alkyl halides is 3. The topological polar surface area (TPSA) is 77.1 Å². The summed E-state index contributed by atoms with van der Waals surface area (Å²) in [6.45, 7) is 0.316. The molecular formula is C28H17Cl2F3N6O. The van der Waals surface area contributed by atoms with Crippen LogP contribution < -0.4 is 5.32 Å². The number of carbonyl (C=O) groups excluding carboxylic acids is 1. The number of carbonyl (C=O) groups is 1. The molecule has 200 valence electrons. The van der Waals surface area contributed by atoms with Gasteiger partial charge in [-0.3, -0.25) is 9.48 Å². The highest BCUT2D eigenvalue weighted by Crippen LogP contribution is 2.33. The van der Waals surface area contributed by atoms with Crippen LogP contribution in [0, 0.1) is 0 Å². The molecule has 3 aromatic heterocycles. The van der Waals surface area contributed by atoms with Gasteiger partial charge in [0.15, 0.2) is 22.9 Å². The summed E-state index contributed by atoms with van der Waals surface area (Å²) >= 11 is 12.2. The Labute approximate surface area is 234 Å². The van der Waals surface area contributed by atoms with Crippen molar-refractivity contribution < 1.29 is 18.0 Å². The minimum absolute atomic E-state index is 0.108. The highest BCUT2D eigenvalue weighted by atomic mass is 35.5. The van der Waals surface area contributed by atoms with Gasteiger partial charge < -0.3 is 5.32 Å². The van der Waals surface area contributed by atoms with Crippen LogP contribution in [0.2, 0.25) is 10.0 Å². The number of aromatic nitrogens is 5. The highest BCUT2D eigenvalue weighted by molar-refractivity contribution is 6.35. The van der Waals surface area contributed by atoms with Crippen LogP contribution in [0.4, 0.5) is 19.0 Å². The molecule has 12 heteroatoms. The predicted molar refractivity (Wildman–Crippen MR) is 147 cm³/mol. The molecule has 0 aliphatic rings. The van der Waals surface area contributed by atoms with E-state index in [1.165, 1.54) is 6.07 Å². The molecule has 0 spiro atoms. The average molecular weight is 581 g/mol. The lowest BCUT2D eigenvalue weighted by Crippen LogP contribution is -2.16. The first kappa shape index (κ1) is 25.8. The molecule has 1 N–H and O–H groups in total. The summed E-state index contributed by atoms with van der Waals surface area (Å²) in [5, 5.41) is 13.5. The Morgan fingerprint density at radius 1 is 0.900 bits per heavy atom. The van der Waals surface area contributed by atoms with Gasteiger partial charge in [0.2, 0.25) is 0 Å². The molecule has 0 unspecified atom stereocenters. The van der Waals surface area contributed by atoms with Crippen molar-refractivity contribution in [3.63, 3.8) is 0 Å². The van der Waals surface area contributed by atoms with Crippen LogP contribution in [0.25, 0.3) is 27.7 Å². The first-order chi connectivity index (χ1) is 19.1. The molecule has 0 saturated carbocycles. The van der Waals surface area contributed by atoms with Gasteiger partial charge >= 0.3 is 6.18 Å². The van der Waals surface area contributed by atoms with Gasteiger partial charge in [-0.2, -0.15) is 23.4 Å². The Hall–Kier alpha value is -4.41. The third-order valence-corrected chi connectivity index (χ3v) is 6.81. The number of hydrogen-bond donors (Lipinski definition) is 1. The van der Waals surface area contributed by atoms with Crippen molar-refractivity contribution in [3.8, 4) is 11.3 Å². The monoisotopic (exact) mass is 580 g/mol. The summed E-state index contributed by atoms with van der Waals surface area (Å²) in [6.07, 6.45) is -3.11. The van der Waals surface area contributed by atoms with Crippen molar-refractivity contribution in [3.05, 3.63) is 112 Å². The minimum Gasteiger partial charge on any atom is -0.304 e. The van der Waals surface area contributed by atoms with E-state index in [9.17, 15) is 18.0 Å². The number of halogens is 5. The van der Waals surface area contributed by atoms with Crippen molar-refractivity contribution in [2.24, 2.45) is 0 Å². The fourth-order valence-corrected chi connectivity index (χ4v) is 4.77.